The standard InChI is InChI=1S/C18H17BrFN7O2/c19-13-10-12(6-7-14(13)20)24-18(25-28)15-17(27-29-26-15)23-9-8-22-16(21)11-4-2-1-3-5-11/h1-7,10,28H,8-9H2,(H2,21,22)(H,23,27)(H,24,25). The zero-order valence-electron chi connectivity index (χ0n) is 15.0. The van der Waals surface area contributed by atoms with Gasteiger partial charge in [0.25, 0.3) is 0 Å². The highest BCUT2D eigenvalue weighted by atomic mass is 79.9. The minimum atomic E-state index is -0.428. The average molecular weight is 462 g/mol. The molecule has 29 heavy (non-hydrogen) atoms. The van der Waals surface area contributed by atoms with Gasteiger partial charge in [0.15, 0.2) is 11.5 Å². The van der Waals surface area contributed by atoms with Gasteiger partial charge in [0.2, 0.25) is 5.82 Å². The van der Waals surface area contributed by atoms with E-state index in [4.69, 9.17) is 10.4 Å². The molecule has 150 valence electrons. The number of anilines is 1. The molecule has 0 aliphatic rings. The van der Waals surface area contributed by atoms with Crippen LogP contribution < -0.4 is 16.5 Å². The topological polar surface area (TPSA) is 134 Å². The molecular weight excluding hydrogens is 445 g/mol. The van der Waals surface area contributed by atoms with Crippen molar-refractivity contribution in [1.29, 1.82) is 0 Å². The van der Waals surface area contributed by atoms with Crippen molar-refractivity contribution in [3.05, 3.63) is 70.1 Å². The summed E-state index contributed by atoms with van der Waals surface area (Å²) < 4.78 is 18.3. The predicted molar refractivity (Wildman–Crippen MR) is 110 cm³/mol. The Hall–Kier alpha value is -3.31. The van der Waals surface area contributed by atoms with Crippen molar-refractivity contribution >= 4 is 39.1 Å². The second kappa shape index (κ2) is 9.75. The van der Waals surface area contributed by atoms with Crippen molar-refractivity contribution in [2.45, 2.75) is 0 Å². The largest absolute Gasteiger partial charge is 0.384 e. The molecule has 3 rings (SSSR count). The first kappa shape index (κ1) is 20.4. The summed E-state index contributed by atoms with van der Waals surface area (Å²) in [7, 11) is 0. The van der Waals surface area contributed by atoms with E-state index >= 15 is 0 Å². The number of hydroxylamine groups is 1. The van der Waals surface area contributed by atoms with Crippen molar-refractivity contribution in [3.63, 3.8) is 0 Å². The summed E-state index contributed by atoms with van der Waals surface area (Å²) in [6.07, 6.45) is 0. The van der Waals surface area contributed by atoms with Crippen LogP contribution in [0.3, 0.4) is 0 Å². The van der Waals surface area contributed by atoms with Gasteiger partial charge < -0.3 is 11.1 Å². The smallest absolute Gasteiger partial charge is 0.202 e. The van der Waals surface area contributed by atoms with Crippen LogP contribution in [0.15, 0.2) is 67.6 Å². The Bertz CT molecular complexity index is 1020. The SMILES string of the molecule is NC(=NCCNc1nonc1C(=Nc1ccc(F)c(Br)c1)NO)c1ccccc1. The highest BCUT2D eigenvalue weighted by Gasteiger charge is 2.16. The van der Waals surface area contributed by atoms with Crippen molar-refractivity contribution in [2.24, 2.45) is 15.7 Å². The number of benzene rings is 2. The molecule has 0 saturated heterocycles. The van der Waals surface area contributed by atoms with Gasteiger partial charge >= 0.3 is 0 Å². The number of nitrogens with one attached hydrogen (secondary N) is 2. The molecule has 9 nitrogen and oxygen atoms in total. The average Bonchev–Trinajstić information content (AvgIpc) is 3.20. The monoisotopic (exact) mass is 461 g/mol. The van der Waals surface area contributed by atoms with Gasteiger partial charge in [0, 0.05) is 12.1 Å². The number of aliphatic imine (C=N–C) groups is 2. The van der Waals surface area contributed by atoms with Crippen LogP contribution in [0.5, 0.6) is 0 Å². The van der Waals surface area contributed by atoms with Crippen LogP contribution >= 0.6 is 15.9 Å². The summed E-state index contributed by atoms with van der Waals surface area (Å²) in [5, 5.41) is 19.9. The maximum absolute atomic E-state index is 13.4. The van der Waals surface area contributed by atoms with Gasteiger partial charge in [0.1, 0.15) is 11.7 Å². The molecule has 0 atom stereocenters. The normalized spacial score (nSPS) is 12.1. The maximum atomic E-state index is 13.4. The Balaban J connectivity index is 1.67. The van der Waals surface area contributed by atoms with E-state index in [9.17, 15) is 9.60 Å². The minimum Gasteiger partial charge on any atom is -0.384 e. The van der Waals surface area contributed by atoms with Crippen LogP contribution in [-0.2, 0) is 0 Å². The summed E-state index contributed by atoms with van der Waals surface area (Å²) in [5.41, 5.74) is 9.25. The van der Waals surface area contributed by atoms with Gasteiger partial charge in [-0.2, -0.15) is 0 Å². The quantitative estimate of drug-likeness (QED) is 0.184. The van der Waals surface area contributed by atoms with Gasteiger partial charge in [-0.15, -0.1) is 0 Å². The van der Waals surface area contributed by atoms with E-state index in [1.54, 1.807) is 0 Å². The number of nitrogens with two attached hydrogens (primary N) is 1. The third-order valence-corrected chi connectivity index (χ3v) is 4.33. The summed E-state index contributed by atoms with van der Waals surface area (Å²) in [6, 6.07) is 13.5. The molecular formula is C18H17BrFN7O2. The lowest BCUT2D eigenvalue weighted by Crippen LogP contribution is -2.22. The molecule has 0 unspecified atom stereocenters. The number of aromatic nitrogens is 2. The summed E-state index contributed by atoms with van der Waals surface area (Å²) >= 11 is 3.08. The zero-order chi connectivity index (χ0) is 20.6. The molecule has 2 aromatic carbocycles. The van der Waals surface area contributed by atoms with Crippen LogP contribution in [0.2, 0.25) is 0 Å². The molecule has 0 radical (unpaired) electrons. The summed E-state index contributed by atoms with van der Waals surface area (Å²) in [5.74, 6) is 0.217. The molecule has 0 saturated carbocycles. The maximum Gasteiger partial charge on any atom is 0.202 e. The van der Waals surface area contributed by atoms with E-state index < -0.39 is 5.82 Å². The van der Waals surface area contributed by atoms with Crippen molar-refractivity contribution in [1.82, 2.24) is 15.8 Å². The molecule has 5 N–H and O–H groups in total. The highest BCUT2D eigenvalue weighted by Crippen LogP contribution is 2.23. The van der Waals surface area contributed by atoms with Crippen molar-refractivity contribution in [2.75, 3.05) is 18.4 Å². The second-order valence-electron chi connectivity index (χ2n) is 5.69. The van der Waals surface area contributed by atoms with Crippen LogP contribution in [0, 0.1) is 5.82 Å². The fourth-order valence-electron chi connectivity index (χ4n) is 2.33. The number of halogens is 2. The molecule has 0 amide bonds. The van der Waals surface area contributed by atoms with Gasteiger partial charge in [-0.05, 0) is 44.4 Å². The number of rotatable bonds is 7. The van der Waals surface area contributed by atoms with Crippen LogP contribution in [-0.4, -0.2) is 40.3 Å². The number of nitrogens with zero attached hydrogens (tertiary/aromatic N) is 4. The van der Waals surface area contributed by atoms with Gasteiger partial charge in [-0.25, -0.2) is 14.0 Å². The molecule has 1 aromatic heterocycles. The van der Waals surface area contributed by atoms with Crippen molar-refractivity contribution < 1.29 is 14.2 Å². The lowest BCUT2D eigenvalue weighted by Gasteiger charge is -2.05. The number of hydrogen-bond donors (Lipinski definition) is 4. The highest BCUT2D eigenvalue weighted by molar-refractivity contribution is 9.10. The Morgan fingerprint density at radius 2 is 2.00 bits per heavy atom. The summed E-state index contributed by atoms with van der Waals surface area (Å²) in [4.78, 5) is 8.48. The number of hydrogen-bond acceptors (Lipinski definition) is 7. The van der Waals surface area contributed by atoms with E-state index in [0.29, 0.717) is 24.6 Å². The Morgan fingerprint density at radius 3 is 2.72 bits per heavy atom. The summed E-state index contributed by atoms with van der Waals surface area (Å²) in [6.45, 7) is 0.756. The lowest BCUT2D eigenvalue weighted by atomic mass is 10.2. The molecule has 0 spiro atoms. The minimum absolute atomic E-state index is 0.0282. The van der Waals surface area contributed by atoms with E-state index in [1.807, 2.05) is 35.8 Å². The first-order valence-corrected chi connectivity index (χ1v) is 9.23. The second-order valence-corrected chi connectivity index (χ2v) is 6.55. The third-order valence-electron chi connectivity index (χ3n) is 3.72. The lowest BCUT2D eigenvalue weighted by molar-refractivity contribution is 0.234. The Labute approximate surface area is 173 Å². The van der Waals surface area contributed by atoms with Gasteiger partial charge in [0.05, 0.1) is 16.7 Å². The van der Waals surface area contributed by atoms with Gasteiger partial charge in [-0.3, -0.25) is 15.7 Å². The molecule has 0 aliphatic carbocycles. The molecule has 0 bridgehead atoms. The first-order chi connectivity index (χ1) is 14.1. The molecule has 0 aliphatic heterocycles. The van der Waals surface area contributed by atoms with Crippen molar-refractivity contribution in [3.8, 4) is 0 Å². The molecule has 0 fully saturated rings. The Morgan fingerprint density at radius 1 is 1.21 bits per heavy atom. The molecule has 1 heterocycles. The van der Waals surface area contributed by atoms with Crippen LogP contribution in [0.25, 0.3) is 0 Å². The van der Waals surface area contributed by atoms with Crippen LogP contribution in [0.4, 0.5) is 15.9 Å². The molecule has 3 aromatic rings. The first-order valence-electron chi connectivity index (χ1n) is 8.44. The van der Waals surface area contributed by atoms with Crippen LogP contribution in [0.1, 0.15) is 11.3 Å². The molecule has 11 heteroatoms. The van der Waals surface area contributed by atoms with E-state index in [2.05, 4.69) is 41.5 Å². The van der Waals surface area contributed by atoms with E-state index in [0.717, 1.165) is 5.56 Å². The number of amidine groups is 2. The third kappa shape index (κ3) is 5.36. The van der Waals surface area contributed by atoms with E-state index in [-0.39, 0.29) is 21.8 Å². The van der Waals surface area contributed by atoms with Gasteiger partial charge in [-0.1, -0.05) is 30.3 Å². The fourth-order valence-corrected chi connectivity index (χ4v) is 2.69. The predicted octanol–water partition coefficient (Wildman–Crippen LogP) is 2.85. The van der Waals surface area contributed by atoms with E-state index in [1.165, 1.54) is 18.2 Å². The Kier molecular flexibility index (Phi) is 6.87. The fraction of sp³-hybridized carbons (Fsp3) is 0.111. The zero-order valence-corrected chi connectivity index (χ0v) is 16.6.